The molecule has 2 aromatic rings. The number of barbiturate groups is 1. The van der Waals surface area contributed by atoms with Gasteiger partial charge in [0.2, 0.25) is 17.6 Å². The molecule has 2 N–H and O–H groups in total. The predicted molar refractivity (Wildman–Crippen MR) is 104 cm³/mol. The summed E-state index contributed by atoms with van der Waals surface area (Å²) in [5.74, 6) is -7.53. The number of morpholine rings is 1. The van der Waals surface area contributed by atoms with Gasteiger partial charge in [-0.15, -0.1) is 0 Å². The molecule has 1 aromatic carbocycles. The molecule has 35 heavy (non-hydrogen) atoms. The van der Waals surface area contributed by atoms with Crippen LogP contribution in [0.3, 0.4) is 0 Å². The van der Waals surface area contributed by atoms with E-state index in [0.29, 0.717) is 0 Å². The van der Waals surface area contributed by atoms with Crippen molar-refractivity contribution in [3.63, 3.8) is 0 Å². The van der Waals surface area contributed by atoms with Crippen LogP contribution in [0, 0.1) is 17.0 Å². The largest absolute Gasteiger partial charge is 0.471 e. The van der Waals surface area contributed by atoms with E-state index >= 15 is 8.78 Å². The molecule has 0 radical (unpaired) electrons. The summed E-state index contributed by atoms with van der Waals surface area (Å²) in [6.45, 7) is 3.16. The molecular formula is C20H16F5N5O5. The third-order valence-corrected chi connectivity index (χ3v) is 6.38. The summed E-state index contributed by atoms with van der Waals surface area (Å²) < 4.78 is 79.2. The zero-order valence-corrected chi connectivity index (χ0v) is 18.0. The third-order valence-electron chi connectivity index (χ3n) is 6.38. The third kappa shape index (κ3) is 3.28. The maximum atomic E-state index is 15.5. The predicted octanol–water partition coefficient (Wildman–Crippen LogP) is 1.92. The highest BCUT2D eigenvalue weighted by Crippen LogP contribution is 2.49. The number of nitrogens with zero attached hydrogens (tertiary/aromatic N) is 3. The number of ether oxygens (including phenoxy) is 1. The van der Waals surface area contributed by atoms with E-state index in [-0.39, 0.29) is 17.8 Å². The second-order valence-corrected chi connectivity index (χ2v) is 8.62. The summed E-state index contributed by atoms with van der Waals surface area (Å²) in [4.78, 5) is 42.4. The van der Waals surface area contributed by atoms with Gasteiger partial charge in [0.25, 0.3) is 0 Å². The molecule has 0 aliphatic carbocycles. The molecular weight excluding hydrogens is 485 g/mol. The maximum Gasteiger partial charge on any atom is 0.471 e. The topological polar surface area (TPSA) is 127 Å². The van der Waals surface area contributed by atoms with Crippen LogP contribution in [0.2, 0.25) is 0 Å². The van der Waals surface area contributed by atoms with Crippen molar-refractivity contribution in [2.24, 2.45) is 5.41 Å². The molecule has 1 aromatic heterocycles. The minimum Gasteiger partial charge on any atom is -0.372 e. The van der Waals surface area contributed by atoms with Gasteiger partial charge >= 0.3 is 18.1 Å². The first-order chi connectivity index (χ1) is 16.3. The highest BCUT2D eigenvalue weighted by atomic mass is 19.4. The fourth-order valence-corrected chi connectivity index (χ4v) is 5.15. The van der Waals surface area contributed by atoms with Gasteiger partial charge in [0.05, 0.1) is 29.5 Å². The quantitative estimate of drug-likeness (QED) is 0.449. The van der Waals surface area contributed by atoms with E-state index in [1.807, 2.05) is 10.6 Å². The van der Waals surface area contributed by atoms with E-state index in [0.717, 1.165) is 6.07 Å². The minimum absolute atomic E-state index is 0.0472. The summed E-state index contributed by atoms with van der Waals surface area (Å²) >= 11 is 0. The first-order valence-corrected chi connectivity index (χ1v) is 10.4. The van der Waals surface area contributed by atoms with Gasteiger partial charge in [0.1, 0.15) is 0 Å². The lowest BCUT2D eigenvalue weighted by molar-refractivity contribution is -0.159. The lowest BCUT2D eigenvalue weighted by Gasteiger charge is -2.55. The summed E-state index contributed by atoms with van der Waals surface area (Å²) in [6, 6.07) is -1.20. The lowest BCUT2D eigenvalue weighted by Crippen LogP contribution is -2.75. The van der Waals surface area contributed by atoms with Crippen LogP contribution in [0.4, 0.5) is 32.4 Å². The Hall–Kier alpha value is -3.62. The number of carbonyl (C=O) groups excluding carboxylic acids is 3. The van der Waals surface area contributed by atoms with Gasteiger partial charge in [-0.05, 0) is 25.5 Å². The summed E-state index contributed by atoms with van der Waals surface area (Å²) in [5, 5.41) is 7.17. The molecule has 0 saturated carbocycles. The van der Waals surface area contributed by atoms with Crippen LogP contribution in [-0.4, -0.2) is 52.8 Å². The van der Waals surface area contributed by atoms with Crippen molar-refractivity contribution in [2.75, 3.05) is 11.4 Å². The number of imide groups is 2. The molecule has 186 valence electrons. The van der Waals surface area contributed by atoms with Crippen molar-refractivity contribution in [1.82, 2.24) is 20.8 Å². The van der Waals surface area contributed by atoms with E-state index in [4.69, 9.17) is 4.74 Å². The highest BCUT2D eigenvalue weighted by molar-refractivity contribution is 6.20. The van der Waals surface area contributed by atoms with Crippen molar-refractivity contribution in [2.45, 2.75) is 44.7 Å². The first kappa shape index (κ1) is 23.1. The number of hydrogen-bond donors (Lipinski definition) is 2. The number of urea groups is 1. The Kier molecular flexibility index (Phi) is 4.92. The molecule has 2 fully saturated rings. The number of rotatable bonds is 1. The van der Waals surface area contributed by atoms with E-state index in [2.05, 4.69) is 14.7 Å². The standard InChI is InChI=1S/C20H16F5N5O5/c1-6-5-30-12-8(3-9(10(21)11(12)22)14-26-17(35-29-14)20(23,24)25)4-19(13(30)7(2)34-6)15(31)27-18(33)28-16(19)32/h3,6-7,13H,4-5H2,1-2H3,(H2,27,28,31,32,33)/t6-,7+,13-/m1/s1. The lowest BCUT2D eigenvalue weighted by atomic mass is 9.66. The van der Waals surface area contributed by atoms with Crippen LogP contribution in [0.5, 0.6) is 0 Å². The number of anilines is 1. The zero-order chi connectivity index (χ0) is 25.4. The molecule has 15 heteroatoms. The average Bonchev–Trinajstić information content (AvgIpc) is 3.24. The summed E-state index contributed by atoms with van der Waals surface area (Å²) in [5.41, 5.74) is -3.09. The Morgan fingerprint density at radius 2 is 1.77 bits per heavy atom. The van der Waals surface area contributed by atoms with Gasteiger partial charge in [-0.3, -0.25) is 20.2 Å². The van der Waals surface area contributed by atoms with Crippen LogP contribution in [0.15, 0.2) is 10.6 Å². The highest BCUT2D eigenvalue weighted by Gasteiger charge is 2.63. The van der Waals surface area contributed by atoms with E-state index in [1.165, 1.54) is 4.90 Å². The molecule has 4 heterocycles. The molecule has 4 amide bonds. The Bertz CT molecular complexity index is 1260. The van der Waals surface area contributed by atoms with Gasteiger partial charge in [-0.25, -0.2) is 13.6 Å². The van der Waals surface area contributed by atoms with Gasteiger partial charge < -0.3 is 14.2 Å². The Labute approximate surface area is 192 Å². The van der Waals surface area contributed by atoms with E-state index in [9.17, 15) is 27.6 Å². The number of aromatic nitrogens is 2. The van der Waals surface area contributed by atoms with Crippen LogP contribution in [0.25, 0.3) is 11.4 Å². The molecule has 5 rings (SSSR count). The molecule has 3 atom stereocenters. The van der Waals surface area contributed by atoms with Crippen LogP contribution in [-0.2, 0) is 26.9 Å². The van der Waals surface area contributed by atoms with Crippen LogP contribution in [0.1, 0.15) is 25.3 Å². The number of hydrogen-bond acceptors (Lipinski definition) is 8. The SMILES string of the molecule is C[C@@H]1CN2c3c(cc(-c4noc(C(F)(F)F)n4)c(F)c3F)CC3(C(=O)NC(=O)NC3=O)[C@H]2[C@H](C)O1. The zero-order valence-electron chi connectivity index (χ0n) is 18.0. The number of nitrogens with one attached hydrogen (secondary N) is 2. The van der Waals surface area contributed by atoms with Gasteiger partial charge in [0.15, 0.2) is 17.0 Å². The Morgan fingerprint density at radius 1 is 1.11 bits per heavy atom. The molecule has 1 spiro atoms. The molecule has 3 aliphatic heterocycles. The molecule has 10 nitrogen and oxygen atoms in total. The molecule has 3 aliphatic rings. The first-order valence-electron chi connectivity index (χ1n) is 10.4. The van der Waals surface area contributed by atoms with Crippen molar-refractivity contribution in [3.05, 3.63) is 29.2 Å². The fourth-order valence-electron chi connectivity index (χ4n) is 5.15. The molecule has 0 unspecified atom stereocenters. The number of carbonyl (C=O) groups is 3. The Morgan fingerprint density at radius 3 is 2.37 bits per heavy atom. The maximum absolute atomic E-state index is 15.5. The Balaban J connectivity index is 1.72. The number of halogens is 5. The van der Waals surface area contributed by atoms with Gasteiger partial charge in [-0.2, -0.15) is 18.2 Å². The van der Waals surface area contributed by atoms with Gasteiger partial charge in [-0.1, -0.05) is 5.16 Å². The van der Waals surface area contributed by atoms with Crippen LogP contribution < -0.4 is 15.5 Å². The minimum atomic E-state index is -5.02. The summed E-state index contributed by atoms with van der Waals surface area (Å²) in [6.07, 6.45) is -6.87. The fraction of sp³-hybridized carbons (Fsp3) is 0.450. The number of alkyl halides is 3. The van der Waals surface area contributed by atoms with Crippen LogP contribution >= 0.6 is 0 Å². The average molecular weight is 501 g/mol. The van der Waals surface area contributed by atoms with Crippen molar-refractivity contribution in [3.8, 4) is 11.4 Å². The molecule has 0 bridgehead atoms. The second kappa shape index (κ2) is 7.44. The normalized spacial score (nSPS) is 25.7. The van der Waals surface area contributed by atoms with Crippen molar-refractivity contribution >= 4 is 23.5 Å². The monoisotopic (exact) mass is 501 g/mol. The molecule has 2 saturated heterocycles. The van der Waals surface area contributed by atoms with Gasteiger partial charge in [0, 0.05) is 13.0 Å². The number of fused-ring (bicyclic) bond motifs is 4. The van der Waals surface area contributed by atoms with Crippen molar-refractivity contribution < 1.29 is 45.6 Å². The number of amides is 4. The van der Waals surface area contributed by atoms with Crippen molar-refractivity contribution in [1.29, 1.82) is 0 Å². The van der Waals surface area contributed by atoms with E-state index < -0.39 is 83.0 Å². The van der Waals surface area contributed by atoms with E-state index in [1.54, 1.807) is 13.8 Å². The number of benzene rings is 1. The summed E-state index contributed by atoms with van der Waals surface area (Å²) in [7, 11) is 0. The smallest absolute Gasteiger partial charge is 0.372 e. The second-order valence-electron chi connectivity index (χ2n) is 8.62.